The molecule has 0 aliphatic carbocycles. The van der Waals surface area contributed by atoms with Crippen LogP contribution in [-0.4, -0.2) is 59.5 Å². The minimum atomic E-state index is 0.461. The third kappa shape index (κ3) is 4.91. The maximum absolute atomic E-state index is 11.2. The lowest BCUT2D eigenvalue weighted by Gasteiger charge is -2.26. The highest BCUT2D eigenvalue weighted by molar-refractivity contribution is 5.99. The molecule has 1 aliphatic heterocycles. The molecule has 0 spiro atoms. The van der Waals surface area contributed by atoms with Gasteiger partial charge in [0.1, 0.15) is 0 Å². The molecule has 24 heavy (non-hydrogen) atoms. The molecule has 0 atom stereocenters. The predicted molar refractivity (Wildman–Crippen MR) is 92.2 cm³/mol. The Labute approximate surface area is 141 Å². The van der Waals surface area contributed by atoms with Crippen LogP contribution in [0.2, 0.25) is 0 Å². The van der Waals surface area contributed by atoms with Crippen molar-refractivity contribution in [1.82, 2.24) is 14.8 Å². The Morgan fingerprint density at radius 2 is 2.29 bits per heavy atom. The molecule has 0 fully saturated rings. The summed E-state index contributed by atoms with van der Waals surface area (Å²) in [5.74, 6) is 0. The number of carbonyl (C=O) groups is 2. The van der Waals surface area contributed by atoms with E-state index in [9.17, 15) is 9.59 Å². The maximum atomic E-state index is 11.2. The summed E-state index contributed by atoms with van der Waals surface area (Å²) < 4.78 is 0. The minimum Gasteiger partial charge on any atom is -0.402 e. The largest absolute Gasteiger partial charge is 0.402 e. The average Bonchev–Trinajstić information content (AvgIpc) is 2.62. The van der Waals surface area contributed by atoms with Gasteiger partial charge in [-0.2, -0.15) is 0 Å². The first-order valence-corrected chi connectivity index (χ1v) is 7.91. The number of carbonyl (C=O) groups excluding carboxylic acids is 2. The number of hydrogen-bond acceptors (Lipinski definition) is 5. The van der Waals surface area contributed by atoms with Gasteiger partial charge in [0.15, 0.2) is 0 Å². The fourth-order valence-electron chi connectivity index (χ4n) is 2.55. The lowest BCUT2D eigenvalue weighted by Crippen LogP contribution is -2.34. The second-order valence-corrected chi connectivity index (χ2v) is 5.69. The van der Waals surface area contributed by atoms with Gasteiger partial charge in [0.05, 0.1) is 18.8 Å². The van der Waals surface area contributed by atoms with Crippen LogP contribution in [0, 0.1) is 0 Å². The van der Waals surface area contributed by atoms with Gasteiger partial charge >= 0.3 is 0 Å². The second-order valence-electron chi connectivity index (χ2n) is 5.69. The molecule has 2 rings (SSSR count). The zero-order valence-electron chi connectivity index (χ0n) is 13.9. The Morgan fingerprint density at radius 3 is 2.96 bits per heavy atom. The van der Waals surface area contributed by atoms with Crippen molar-refractivity contribution in [2.75, 3.05) is 26.2 Å². The molecule has 0 saturated carbocycles. The molecular weight excluding hydrogens is 306 g/mol. The van der Waals surface area contributed by atoms with Crippen LogP contribution >= 0.6 is 0 Å². The van der Waals surface area contributed by atoms with Gasteiger partial charge in [-0.1, -0.05) is 6.07 Å². The number of hydrogen-bond donors (Lipinski definition) is 1. The monoisotopic (exact) mass is 329 g/mol. The van der Waals surface area contributed by atoms with Crippen LogP contribution in [0.5, 0.6) is 0 Å². The summed E-state index contributed by atoms with van der Waals surface area (Å²) in [7, 11) is 0. The molecule has 0 saturated heterocycles. The molecule has 1 aliphatic rings. The van der Waals surface area contributed by atoms with E-state index in [1.807, 2.05) is 25.1 Å². The molecule has 2 heterocycles. The Bertz CT molecular complexity index is 627. The van der Waals surface area contributed by atoms with Crippen molar-refractivity contribution in [3.05, 3.63) is 41.4 Å². The van der Waals surface area contributed by atoms with E-state index in [0.29, 0.717) is 39.1 Å². The van der Waals surface area contributed by atoms with E-state index in [4.69, 9.17) is 5.73 Å². The SMILES string of the molecule is CC(=NCCN(C=O)Cc1ccccn1)C1=C(N)CCN(C=O)C1. The average molecular weight is 329 g/mol. The van der Waals surface area contributed by atoms with E-state index in [1.54, 1.807) is 16.0 Å². The predicted octanol–water partition coefficient (Wildman–Crippen LogP) is 0.576. The zero-order chi connectivity index (χ0) is 17.4. The van der Waals surface area contributed by atoms with Gasteiger partial charge < -0.3 is 15.5 Å². The molecule has 2 N–H and O–H groups in total. The van der Waals surface area contributed by atoms with E-state index >= 15 is 0 Å². The minimum absolute atomic E-state index is 0.461. The topological polar surface area (TPSA) is 91.9 Å². The van der Waals surface area contributed by atoms with Crippen molar-refractivity contribution >= 4 is 18.5 Å². The number of nitrogens with two attached hydrogens (primary N) is 1. The Hall–Kier alpha value is -2.70. The third-order valence-electron chi connectivity index (χ3n) is 3.98. The van der Waals surface area contributed by atoms with E-state index in [0.717, 1.165) is 35.5 Å². The Morgan fingerprint density at radius 1 is 1.46 bits per heavy atom. The van der Waals surface area contributed by atoms with Gasteiger partial charge in [-0.15, -0.1) is 0 Å². The number of nitrogens with zero attached hydrogens (tertiary/aromatic N) is 4. The number of aliphatic imine (C=N–C) groups is 1. The molecule has 0 radical (unpaired) electrons. The van der Waals surface area contributed by atoms with Crippen molar-refractivity contribution in [2.45, 2.75) is 19.9 Å². The molecule has 128 valence electrons. The second kappa shape index (κ2) is 8.81. The Balaban J connectivity index is 1.91. The van der Waals surface area contributed by atoms with Gasteiger partial charge in [0.25, 0.3) is 0 Å². The smallest absolute Gasteiger partial charge is 0.210 e. The van der Waals surface area contributed by atoms with Crippen LogP contribution in [-0.2, 0) is 16.1 Å². The Kier molecular flexibility index (Phi) is 6.48. The van der Waals surface area contributed by atoms with Gasteiger partial charge in [-0.3, -0.25) is 19.6 Å². The van der Waals surface area contributed by atoms with Crippen LogP contribution in [0.4, 0.5) is 0 Å². The standard InChI is InChI=1S/C17H23N5O2/c1-14(16-11-21(12-23)8-5-17(16)18)19-7-9-22(13-24)10-15-4-2-3-6-20-15/h2-4,6,12-13H,5,7-11,18H2,1H3. The van der Waals surface area contributed by atoms with Crippen molar-refractivity contribution in [2.24, 2.45) is 10.7 Å². The molecule has 1 aromatic heterocycles. The van der Waals surface area contributed by atoms with Crippen molar-refractivity contribution < 1.29 is 9.59 Å². The fraction of sp³-hybridized carbons (Fsp3) is 0.412. The molecule has 7 heteroatoms. The molecule has 7 nitrogen and oxygen atoms in total. The number of amides is 2. The fourth-order valence-corrected chi connectivity index (χ4v) is 2.55. The van der Waals surface area contributed by atoms with E-state index in [-0.39, 0.29) is 0 Å². The number of pyridine rings is 1. The lowest BCUT2D eigenvalue weighted by atomic mass is 10.0. The van der Waals surface area contributed by atoms with Crippen molar-refractivity contribution in [1.29, 1.82) is 0 Å². The number of aromatic nitrogens is 1. The molecule has 0 aromatic carbocycles. The molecule has 0 bridgehead atoms. The van der Waals surface area contributed by atoms with Crippen molar-refractivity contribution in [3.8, 4) is 0 Å². The maximum Gasteiger partial charge on any atom is 0.210 e. The van der Waals surface area contributed by atoms with E-state index in [2.05, 4.69) is 9.98 Å². The highest BCUT2D eigenvalue weighted by atomic mass is 16.1. The lowest BCUT2D eigenvalue weighted by molar-refractivity contribution is -0.119. The highest BCUT2D eigenvalue weighted by Gasteiger charge is 2.17. The summed E-state index contributed by atoms with van der Waals surface area (Å²) in [6, 6.07) is 5.62. The quantitative estimate of drug-likeness (QED) is 0.558. The van der Waals surface area contributed by atoms with Gasteiger partial charge in [0.2, 0.25) is 12.8 Å². The summed E-state index contributed by atoms with van der Waals surface area (Å²) in [5, 5.41) is 0. The summed E-state index contributed by atoms with van der Waals surface area (Å²) in [4.78, 5) is 34.2. The van der Waals surface area contributed by atoms with Crippen LogP contribution in [0.15, 0.2) is 40.7 Å². The molecule has 2 amide bonds. The zero-order valence-corrected chi connectivity index (χ0v) is 13.9. The summed E-state index contributed by atoms with van der Waals surface area (Å²) in [6.45, 7) is 4.48. The van der Waals surface area contributed by atoms with Crippen LogP contribution in [0.3, 0.4) is 0 Å². The number of rotatable bonds is 8. The third-order valence-corrected chi connectivity index (χ3v) is 3.98. The first-order chi connectivity index (χ1) is 11.6. The molecule has 1 aromatic rings. The molecule has 0 unspecified atom stereocenters. The van der Waals surface area contributed by atoms with E-state index < -0.39 is 0 Å². The van der Waals surface area contributed by atoms with Gasteiger partial charge in [-0.05, 0) is 19.1 Å². The summed E-state index contributed by atoms with van der Waals surface area (Å²) in [6.07, 6.45) is 4.02. The van der Waals surface area contributed by atoms with Crippen molar-refractivity contribution in [3.63, 3.8) is 0 Å². The first-order valence-electron chi connectivity index (χ1n) is 7.91. The first kappa shape index (κ1) is 17.7. The highest BCUT2D eigenvalue weighted by Crippen LogP contribution is 2.14. The summed E-state index contributed by atoms with van der Waals surface area (Å²) in [5.41, 5.74) is 9.40. The summed E-state index contributed by atoms with van der Waals surface area (Å²) >= 11 is 0. The molecular formula is C17H23N5O2. The van der Waals surface area contributed by atoms with Gasteiger partial charge in [-0.25, -0.2) is 0 Å². The van der Waals surface area contributed by atoms with Crippen LogP contribution in [0.25, 0.3) is 0 Å². The van der Waals surface area contributed by atoms with Crippen LogP contribution < -0.4 is 5.73 Å². The van der Waals surface area contributed by atoms with E-state index in [1.165, 1.54) is 0 Å². The van der Waals surface area contributed by atoms with Crippen LogP contribution in [0.1, 0.15) is 19.0 Å². The van der Waals surface area contributed by atoms with Gasteiger partial charge in [0, 0.05) is 49.2 Å². The normalized spacial score (nSPS) is 15.4.